The second kappa shape index (κ2) is 8.03. The van der Waals surface area contributed by atoms with Crippen molar-refractivity contribution in [2.75, 3.05) is 18.1 Å². The van der Waals surface area contributed by atoms with E-state index in [2.05, 4.69) is 5.32 Å². The van der Waals surface area contributed by atoms with Gasteiger partial charge in [0.2, 0.25) is 11.8 Å². The summed E-state index contributed by atoms with van der Waals surface area (Å²) in [5, 5.41) is 3.11. The molecule has 1 saturated carbocycles. The van der Waals surface area contributed by atoms with Crippen LogP contribution in [-0.4, -0.2) is 51.1 Å². The Morgan fingerprint density at radius 1 is 1.19 bits per heavy atom. The minimum absolute atomic E-state index is 0.0407. The van der Waals surface area contributed by atoms with Gasteiger partial charge in [0.1, 0.15) is 0 Å². The van der Waals surface area contributed by atoms with Crippen LogP contribution in [0.3, 0.4) is 0 Å². The molecule has 1 aliphatic heterocycles. The van der Waals surface area contributed by atoms with Gasteiger partial charge in [-0.05, 0) is 12.8 Å². The van der Waals surface area contributed by atoms with E-state index in [0.29, 0.717) is 18.1 Å². The van der Waals surface area contributed by atoms with Crippen molar-refractivity contribution in [1.82, 2.24) is 10.2 Å². The molecule has 0 aromatic carbocycles. The Labute approximate surface area is 129 Å². The lowest BCUT2D eigenvalue weighted by Crippen LogP contribution is -2.44. The summed E-state index contributed by atoms with van der Waals surface area (Å²) < 4.78 is 11.4. The summed E-state index contributed by atoms with van der Waals surface area (Å²) in [4.78, 5) is 26.1. The zero-order valence-corrected chi connectivity index (χ0v) is 13.6. The number of likely N-dealkylation sites (tertiary alicyclic amines) is 1. The molecule has 0 aromatic rings. The molecule has 120 valence electrons. The van der Waals surface area contributed by atoms with Crippen molar-refractivity contribution in [2.24, 2.45) is 0 Å². The molecule has 2 amide bonds. The minimum atomic E-state index is -0.835. The summed E-state index contributed by atoms with van der Waals surface area (Å²) in [6.07, 6.45) is 6.78. The first-order valence-electron chi connectivity index (χ1n) is 8.07. The fourth-order valence-electron chi connectivity index (χ4n) is 3.20. The molecule has 0 spiro atoms. The first kappa shape index (κ1) is 16.6. The minimum Gasteiger partial charge on any atom is -0.305 e. The predicted octanol–water partition coefficient (Wildman–Crippen LogP) is 1.19. The molecule has 5 nitrogen and oxygen atoms in total. The molecule has 1 aliphatic carbocycles. The van der Waals surface area contributed by atoms with Gasteiger partial charge < -0.3 is 5.32 Å². The van der Waals surface area contributed by atoms with Crippen LogP contribution in [0.2, 0.25) is 0 Å². The van der Waals surface area contributed by atoms with Crippen LogP contribution >= 0.6 is 0 Å². The smallest absolute Gasteiger partial charge is 0.247 e. The average molecular weight is 314 g/mol. The Kier molecular flexibility index (Phi) is 6.36. The number of amides is 2. The van der Waals surface area contributed by atoms with Crippen molar-refractivity contribution in [3.05, 3.63) is 0 Å². The molecule has 2 atom stereocenters. The van der Waals surface area contributed by atoms with Crippen molar-refractivity contribution < 1.29 is 13.8 Å². The van der Waals surface area contributed by atoms with Crippen molar-refractivity contribution >= 4 is 22.6 Å². The molecular weight excluding hydrogens is 288 g/mol. The van der Waals surface area contributed by atoms with Gasteiger partial charge in [-0.2, -0.15) is 0 Å². The van der Waals surface area contributed by atoms with Gasteiger partial charge in [0.15, 0.2) is 0 Å². The predicted molar refractivity (Wildman–Crippen MR) is 83.3 cm³/mol. The molecule has 1 saturated heterocycles. The van der Waals surface area contributed by atoms with Crippen LogP contribution < -0.4 is 5.32 Å². The number of hydrogen-bond acceptors (Lipinski definition) is 4. The number of carbonyl (C=O) groups is 2. The van der Waals surface area contributed by atoms with Gasteiger partial charge in [-0.3, -0.25) is 18.7 Å². The monoisotopic (exact) mass is 314 g/mol. The molecule has 1 N–H and O–H groups in total. The molecule has 0 aromatic heterocycles. The first-order valence-corrected chi connectivity index (χ1v) is 9.56. The Hall–Kier alpha value is -0.750. The number of hydrogen-bond donors (Lipinski definition) is 1. The lowest BCUT2D eigenvalue weighted by Gasteiger charge is -2.25. The summed E-state index contributed by atoms with van der Waals surface area (Å²) in [7, 11) is -0.835. The molecule has 0 bridgehead atoms. The molecule has 21 heavy (non-hydrogen) atoms. The highest BCUT2D eigenvalue weighted by Gasteiger charge is 2.41. The van der Waals surface area contributed by atoms with E-state index in [1.807, 2.05) is 6.92 Å². The van der Waals surface area contributed by atoms with Gasteiger partial charge in [-0.1, -0.05) is 32.6 Å². The van der Waals surface area contributed by atoms with Gasteiger partial charge >= 0.3 is 0 Å². The number of rotatable bonds is 6. The topological polar surface area (TPSA) is 66.5 Å². The van der Waals surface area contributed by atoms with Crippen LogP contribution in [0.15, 0.2) is 0 Å². The van der Waals surface area contributed by atoms with Gasteiger partial charge in [0.05, 0.1) is 12.5 Å². The Morgan fingerprint density at radius 3 is 2.48 bits per heavy atom. The SMILES string of the molecule is CCS(=O)CCNC1CC(=O)N(C2CCCCCC2)C1=O. The van der Waals surface area contributed by atoms with E-state index in [9.17, 15) is 13.8 Å². The third kappa shape index (κ3) is 4.36. The number of nitrogens with one attached hydrogen (secondary N) is 1. The normalized spacial score (nSPS) is 26.1. The molecular formula is C15H26N2O3S. The lowest BCUT2D eigenvalue weighted by molar-refractivity contribution is -0.141. The highest BCUT2D eigenvalue weighted by molar-refractivity contribution is 7.84. The van der Waals surface area contributed by atoms with E-state index in [1.54, 1.807) is 0 Å². The van der Waals surface area contributed by atoms with E-state index in [1.165, 1.54) is 17.7 Å². The fraction of sp³-hybridized carbons (Fsp3) is 0.867. The molecule has 6 heteroatoms. The van der Waals surface area contributed by atoms with Crippen molar-refractivity contribution in [3.8, 4) is 0 Å². The van der Waals surface area contributed by atoms with Crippen LogP contribution in [0.5, 0.6) is 0 Å². The highest BCUT2D eigenvalue weighted by atomic mass is 32.2. The molecule has 2 fully saturated rings. The van der Waals surface area contributed by atoms with E-state index in [4.69, 9.17) is 0 Å². The summed E-state index contributed by atoms with van der Waals surface area (Å²) >= 11 is 0. The second-order valence-electron chi connectivity index (χ2n) is 5.89. The number of imide groups is 1. The lowest BCUT2D eigenvalue weighted by atomic mass is 10.1. The Morgan fingerprint density at radius 2 is 1.86 bits per heavy atom. The zero-order chi connectivity index (χ0) is 15.2. The van der Waals surface area contributed by atoms with E-state index in [0.717, 1.165) is 25.7 Å². The summed E-state index contributed by atoms with van der Waals surface area (Å²) in [5.74, 6) is 1.06. The number of nitrogens with zero attached hydrogens (tertiary/aromatic N) is 1. The fourth-order valence-corrected chi connectivity index (χ4v) is 3.84. The molecule has 2 unspecified atom stereocenters. The van der Waals surface area contributed by atoms with Gasteiger partial charge in [0, 0.05) is 34.9 Å². The number of carbonyl (C=O) groups excluding carboxylic acids is 2. The van der Waals surface area contributed by atoms with Gasteiger partial charge in [-0.25, -0.2) is 0 Å². The van der Waals surface area contributed by atoms with E-state index < -0.39 is 16.8 Å². The maximum Gasteiger partial charge on any atom is 0.247 e. The molecule has 0 radical (unpaired) electrons. The maximum atomic E-state index is 12.4. The van der Waals surface area contributed by atoms with Crippen LogP contribution in [-0.2, 0) is 20.4 Å². The quantitative estimate of drug-likeness (QED) is 0.591. The van der Waals surface area contributed by atoms with Crippen LogP contribution in [0, 0.1) is 0 Å². The summed E-state index contributed by atoms with van der Waals surface area (Å²) in [6.45, 7) is 2.41. The Bertz CT molecular complexity index is 406. The first-order chi connectivity index (χ1) is 10.1. The van der Waals surface area contributed by atoms with Crippen LogP contribution in [0.4, 0.5) is 0 Å². The Balaban J connectivity index is 1.88. The van der Waals surface area contributed by atoms with Crippen molar-refractivity contribution in [3.63, 3.8) is 0 Å². The third-order valence-corrected chi connectivity index (χ3v) is 5.72. The van der Waals surface area contributed by atoms with Crippen LogP contribution in [0.25, 0.3) is 0 Å². The van der Waals surface area contributed by atoms with Gasteiger partial charge in [0.25, 0.3) is 0 Å². The maximum absolute atomic E-state index is 12.4. The summed E-state index contributed by atoms with van der Waals surface area (Å²) in [5.41, 5.74) is 0. The van der Waals surface area contributed by atoms with E-state index in [-0.39, 0.29) is 24.3 Å². The molecule has 2 rings (SSSR count). The second-order valence-corrected chi connectivity index (χ2v) is 7.76. The zero-order valence-electron chi connectivity index (χ0n) is 12.8. The third-order valence-electron chi connectivity index (χ3n) is 4.42. The average Bonchev–Trinajstić information content (AvgIpc) is 2.67. The largest absolute Gasteiger partial charge is 0.305 e. The molecule has 2 aliphatic rings. The van der Waals surface area contributed by atoms with Gasteiger partial charge in [-0.15, -0.1) is 0 Å². The van der Waals surface area contributed by atoms with Crippen molar-refractivity contribution in [1.29, 1.82) is 0 Å². The summed E-state index contributed by atoms with van der Waals surface area (Å²) in [6, 6.07) is -0.307. The standard InChI is InChI=1S/C15H26N2O3S/c1-2-21(20)10-9-16-13-11-14(18)17(15(13)19)12-7-5-3-4-6-8-12/h12-13,16H,2-11H2,1H3. The van der Waals surface area contributed by atoms with Crippen LogP contribution in [0.1, 0.15) is 51.9 Å². The molecule has 1 heterocycles. The van der Waals surface area contributed by atoms with Crippen molar-refractivity contribution in [2.45, 2.75) is 64.0 Å². The van der Waals surface area contributed by atoms with E-state index >= 15 is 0 Å². The highest BCUT2D eigenvalue weighted by Crippen LogP contribution is 2.26.